The molecule has 0 aromatic heterocycles. The van der Waals surface area contributed by atoms with E-state index in [1.54, 1.807) is 0 Å². The van der Waals surface area contributed by atoms with Crippen molar-refractivity contribution in [2.45, 2.75) is 0 Å². The zero-order chi connectivity index (χ0) is 10.7. The quantitative estimate of drug-likeness (QED) is 0.520. The second-order valence-electron chi connectivity index (χ2n) is 2.36. The Morgan fingerprint density at radius 3 is 2.07 bits per heavy atom. The molecule has 0 aliphatic heterocycles. The van der Waals surface area contributed by atoms with Gasteiger partial charge in [0.1, 0.15) is 0 Å². The Morgan fingerprint density at radius 2 is 1.67 bits per heavy atom. The molecule has 1 aromatic rings. The molecule has 1 rings (SSSR count). The molecule has 0 amide bonds. The van der Waals surface area contributed by atoms with Gasteiger partial charge in [-0.2, -0.15) is 0 Å². The number of hydrogen-bond donors (Lipinski definition) is 3. The fourth-order valence-corrected chi connectivity index (χ4v) is 1.30. The second kappa shape index (κ2) is 5.89. The molecule has 0 fully saturated rings. The van der Waals surface area contributed by atoms with Gasteiger partial charge < -0.3 is 0 Å². The second-order valence-corrected chi connectivity index (χ2v) is 3.26. The number of rotatable bonds is 2. The standard InChI is InChI=1S/C7H6O5.Ga.O.Zn/c8-4-1-3(7(11)12)2-5(9)6(4)10;;;/h1-2,8-10H,(H,11,12);;;/q;+1;;/p-1. The van der Waals surface area contributed by atoms with Gasteiger partial charge >= 0.3 is 85.8 Å². The van der Waals surface area contributed by atoms with Crippen molar-refractivity contribution in [2.24, 2.45) is 0 Å². The number of hydrogen-bond acceptors (Lipinski definition) is 6. The minimum Gasteiger partial charge on any atom is 0 e. The first-order valence-corrected chi connectivity index (χ1v) is 5.43. The molecule has 1 aromatic carbocycles. The summed E-state index contributed by atoms with van der Waals surface area (Å²) in [5, 5.41) is 27.0. The van der Waals surface area contributed by atoms with E-state index in [4.69, 9.17) is 15.3 Å². The van der Waals surface area contributed by atoms with E-state index in [2.05, 4.69) is 3.53 Å². The molecule has 0 spiro atoms. The van der Waals surface area contributed by atoms with Crippen LogP contribution in [0.15, 0.2) is 12.1 Å². The molecular weight excluding hydrogens is 315 g/mol. The monoisotopic (exact) mass is 318 g/mol. The molecule has 0 bridgehead atoms. The number of benzene rings is 1. The SMILES string of the molecule is [O]=[Ga][O]C(=O)c1cc(O)c(O)c(O)c1.[Zn]. The molecule has 0 atom stereocenters. The van der Waals surface area contributed by atoms with Gasteiger partial charge in [0, 0.05) is 19.5 Å². The van der Waals surface area contributed by atoms with E-state index in [0.29, 0.717) is 0 Å². The van der Waals surface area contributed by atoms with Gasteiger partial charge in [-0.05, 0) is 0 Å². The predicted molar refractivity (Wildman–Crippen MR) is 43.3 cm³/mol. The van der Waals surface area contributed by atoms with Gasteiger partial charge in [0.05, 0.1) is 0 Å². The molecule has 0 unspecified atom stereocenters. The minimum atomic E-state index is -2.27. The topological polar surface area (TPSA) is 104 Å². The van der Waals surface area contributed by atoms with Crippen molar-refractivity contribution in [1.29, 1.82) is 0 Å². The number of phenolic OH excluding ortho intramolecular Hbond substituents is 3. The van der Waals surface area contributed by atoms with Gasteiger partial charge in [-0.25, -0.2) is 0 Å². The van der Waals surface area contributed by atoms with Gasteiger partial charge in [0.15, 0.2) is 0 Å². The summed E-state index contributed by atoms with van der Waals surface area (Å²) in [6.45, 7) is 0. The van der Waals surface area contributed by atoms with E-state index in [0.717, 1.165) is 12.1 Å². The van der Waals surface area contributed by atoms with Crippen LogP contribution in [0.1, 0.15) is 10.4 Å². The van der Waals surface area contributed by atoms with Gasteiger partial charge in [-0.1, -0.05) is 0 Å². The van der Waals surface area contributed by atoms with Crippen molar-refractivity contribution in [1.82, 2.24) is 0 Å². The molecule has 0 saturated carbocycles. The summed E-state index contributed by atoms with van der Waals surface area (Å²) in [6.07, 6.45) is 0. The summed E-state index contributed by atoms with van der Waals surface area (Å²) >= 11 is -2.27. The first-order valence-electron chi connectivity index (χ1n) is 3.46. The predicted octanol–water partition coefficient (Wildman–Crippen LogP) is -0.0776. The van der Waals surface area contributed by atoms with Crippen molar-refractivity contribution in [3.63, 3.8) is 0 Å². The van der Waals surface area contributed by atoms with Crippen LogP contribution in [-0.4, -0.2) is 39.0 Å². The third-order valence-corrected chi connectivity index (χ3v) is 2.11. The molecule has 0 aliphatic rings. The minimum absolute atomic E-state index is 0. The molecule has 6 nitrogen and oxygen atoms in total. The van der Waals surface area contributed by atoms with Crippen molar-refractivity contribution in [3.05, 3.63) is 17.7 Å². The Hall–Kier alpha value is -0.850. The Bertz CT molecular complexity index is 370. The summed E-state index contributed by atoms with van der Waals surface area (Å²) in [6, 6.07) is 1.81. The molecule has 15 heavy (non-hydrogen) atoms. The average molecular weight is 320 g/mol. The van der Waals surface area contributed by atoms with Crippen molar-refractivity contribution < 1.29 is 46.7 Å². The maximum absolute atomic E-state index is 11.0. The molecule has 0 radical (unpaired) electrons. The van der Waals surface area contributed by atoms with E-state index in [1.807, 2.05) is 0 Å². The van der Waals surface area contributed by atoms with Crippen LogP contribution in [0.25, 0.3) is 0 Å². The molecule has 74 valence electrons. The van der Waals surface area contributed by atoms with Crippen LogP contribution in [0, 0.1) is 0 Å². The van der Waals surface area contributed by atoms with Crippen molar-refractivity contribution in [3.8, 4) is 17.2 Å². The Balaban J connectivity index is 0.00000196. The largest absolute Gasteiger partial charge is 0 e. The van der Waals surface area contributed by atoms with Crippen LogP contribution in [0.2, 0.25) is 0 Å². The third-order valence-electron chi connectivity index (χ3n) is 1.46. The van der Waals surface area contributed by atoms with Crippen molar-refractivity contribution in [2.75, 3.05) is 0 Å². The molecule has 0 saturated heterocycles. The summed E-state index contributed by atoms with van der Waals surface area (Å²) in [5.74, 6) is -2.92. The molecule has 3 N–H and O–H groups in total. The number of aromatic hydroxyl groups is 3. The fourth-order valence-electron chi connectivity index (χ4n) is 0.834. The Morgan fingerprint density at radius 1 is 1.20 bits per heavy atom. The Kier molecular flexibility index (Phi) is 5.56. The summed E-state index contributed by atoms with van der Waals surface area (Å²) in [7, 11) is 0. The van der Waals surface area contributed by atoms with Crippen LogP contribution in [0.4, 0.5) is 0 Å². The first-order chi connectivity index (χ1) is 6.56. The number of carbonyl (C=O) groups is 1. The van der Waals surface area contributed by atoms with E-state index in [9.17, 15) is 8.33 Å². The molecule has 8 heteroatoms. The summed E-state index contributed by atoms with van der Waals surface area (Å²) < 4.78 is 14.3. The van der Waals surface area contributed by atoms with E-state index < -0.39 is 40.9 Å². The molecule has 0 heterocycles. The summed E-state index contributed by atoms with van der Waals surface area (Å²) in [5.41, 5.74) is -0.175. The van der Waals surface area contributed by atoms with E-state index in [1.165, 1.54) is 0 Å². The molecule has 0 aliphatic carbocycles. The van der Waals surface area contributed by atoms with Crippen LogP contribution in [0.3, 0.4) is 0 Å². The van der Waals surface area contributed by atoms with E-state index >= 15 is 0 Å². The van der Waals surface area contributed by atoms with Crippen LogP contribution < -0.4 is 0 Å². The van der Waals surface area contributed by atoms with Crippen LogP contribution in [-0.2, 0) is 26.5 Å². The average Bonchev–Trinajstić information content (AvgIpc) is 2.13. The van der Waals surface area contributed by atoms with E-state index in [-0.39, 0.29) is 25.0 Å². The van der Waals surface area contributed by atoms with Gasteiger partial charge in [0.2, 0.25) is 0 Å². The Labute approximate surface area is 105 Å². The molecular formula is C7H5GaO6Zn. The first kappa shape index (κ1) is 14.1. The van der Waals surface area contributed by atoms with Gasteiger partial charge in [0.25, 0.3) is 0 Å². The third kappa shape index (κ3) is 3.33. The maximum atomic E-state index is 11.0. The zero-order valence-electron chi connectivity index (χ0n) is 7.51. The zero-order valence-corrected chi connectivity index (χ0v) is 12.9. The van der Waals surface area contributed by atoms with Crippen LogP contribution in [0.5, 0.6) is 17.2 Å². The smallest absolute Gasteiger partial charge is 0 e. The van der Waals surface area contributed by atoms with Crippen LogP contribution >= 0.6 is 0 Å². The summed E-state index contributed by atoms with van der Waals surface area (Å²) in [4.78, 5) is 11.0. The number of carbonyl (C=O) groups excluding carboxylic acids is 1. The fraction of sp³-hybridized carbons (Fsp3) is 0. The van der Waals surface area contributed by atoms with Crippen molar-refractivity contribution >= 4 is 23.7 Å². The maximum Gasteiger partial charge on any atom is 0 e. The number of phenols is 3. The van der Waals surface area contributed by atoms with Gasteiger partial charge in [-0.15, -0.1) is 0 Å². The normalized spacial score (nSPS) is 8.53. The van der Waals surface area contributed by atoms with Gasteiger partial charge in [-0.3, -0.25) is 0 Å².